The summed E-state index contributed by atoms with van der Waals surface area (Å²) in [5, 5.41) is 13.3. The summed E-state index contributed by atoms with van der Waals surface area (Å²) >= 11 is 0. The summed E-state index contributed by atoms with van der Waals surface area (Å²) in [6.45, 7) is 6.51. The van der Waals surface area contributed by atoms with E-state index in [2.05, 4.69) is 10.2 Å². The van der Waals surface area contributed by atoms with Gasteiger partial charge in [-0.15, -0.1) is 0 Å². The highest BCUT2D eigenvalue weighted by Gasteiger charge is 2.17. The van der Waals surface area contributed by atoms with Crippen molar-refractivity contribution in [2.45, 2.75) is 25.0 Å². The fourth-order valence-electron chi connectivity index (χ4n) is 2.35. The van der Waals surface area contributed by atoms with Crippen molar-refractivity contribution in [3.63, 3.8) is 0 Å². The molecule has 2 fully saturated rings. The molecule has 0 aromatic carbocycles. The number of hydrogen-bond donors (Lipinski definition) is 2. The van der Waals surface area contributed by atoms with Gasteiger partial charge in [0.05, 0.1) is 25.9 Å². The molecule has 2 aliphatic rings. The van der Waals surface area contributed by atoms with Crippen LogP contribution in [-0.2, 0) is 9.47 Å². The number of ether oxygens (including phenoxy) is 2. The highest BCUT2D eigenvalue weighted by Crippen LogP contribution is 2.06. The predicted octanol–water partition coefficient (Wildman–Crippen LogP) is -0.552. The third kappa shape index (κ3) is 4.89. The molecule has 2 saturated heterocycles. The average molecular weight is 244 g/mol. The summed E-state index contributed by atoms with van der Waals surface area (Å²) in [6.07, 6.45) is 1.98. The SMILES string of the molecule is OC(CNC1CCCOC1)CN1CCOCC1. The molecule has 17 heavy (non-hydrogen) atoms. The Kier molecular flexibility index (Phi) is 5.67. The maximum absolute atomic E-state index is 9.95. The molecular formula is C12H24N2O3. The van der Waals surface area contributed by atoms with Gasteiger partial charge in [0.25, 0.3) is 0 Å². The first kappa shape index (κ1) is 13.2. The van der Waals surface area contributed by atoms with Gasteiger partial charge in [-0.1, -0.05) is 0 Å². The minimum absolute atomic E-state index is 0.296. The van der Waals surface area contributed by atoms with E-state index < -0.39 is 0 Å². The molecule has 0 radical (unpaired) electrons. The average Bonchev–Trinajstić information content (AvgIpc) is 2.39. The molecule has 0 amide bonds. The second-order valence-corrected chi connectivity index (χ2v) is 4.89. The van der Waals surface area contributed by atoms with Crippen molar-refractivity contribution in [1.29, 1.82) is 0 Å². The zero-order chi connectivity index (χ0) is 11.9. The highest BCUT2D eigenvalue weighted by molar-refractivity contribution is 4.74. The number of nitrogens with zero attached hydrogens (tertiary/aromatic N) is 1. The van der Waals surface area contributed by atoms with Crippen molar-refractivity contribution in [3.05, 3.63) is 0 Å². The molecule has 0 aromatic heterocycles. The topological polar surface area (TPSA) is 54.0 Å². The molecule has 5 heteroatoms. The molecule has 2 atom stereocenters. The van der Waals surface area contributed by atoms with E-state index in [1.54, 1.807) is 0 Å². The molecule has 5 nitrogen and oxygen atoms in total. The largest absolute Gasteiger partial charge is 0.390 e. The van der Waals surface area contributed by atoms with Gasteiger partial charge in [0.1, 0.15) is 0 Å². The van der Waals surface area contributed by atoms with Crippen LogP contribution in [0.25, 0.3) is 0 Å². The Hall–Kier alpha value is -0.200. The standard InChI is InChI=1S/C12H24N2O3/c15-12(9-14-3-6-16-7-4-14)8-13-11-2-1-5-17-10-11/h11-13,15H,1-10H2. The maximum atomic E-state index is 9.95. The van der Waals surface area contributed by atoms with E-state index in [-0.39, 0.29) is 6.10 Å². The molecule has 0 saturated carbocycles. The number of morpholine rings is 1. The van der Waals surface area contributed by atoms with E-state index >= 15 is 0 Å². The van der Waals surface area contributed by atoms with Gasteiger partial charge in [0, 0.05) is 38.8 Å². The normalized spacial score (nSPS) is 29.1. The zero-order valence-corrected chi connectivity index (χ0v) is 10.4. The first-order valence-electron chi connectivity index (χ1n) is 6.64. The Morgan fingerprint density at radius 3 is 2.76 bits per heavy atom. The lowest BCUT2D eigenvalue weighted by Gasteiger charge is -2.30. The Morgan fingerprint density at radius 1 is 1.24 bits per heavy atom. The summed E-state index contributed by atoms with van der Waals surface area (Å²) in [5.74, 6) is 0. The number of β-amino-alcohol motifs (C(OH)–C–C–N with tert-alkyl or cyclic N) is 1. The number of aliphatic hydroxyl groups is 1. The number of hydrogen-bond acceptors (Lipinski definition) is 5. The smallest absolute Gasteiger partial charge is 0.0791 e. The first-order chi connectivity index (χ1) is 8.34. The van der Waals surface area contributed by atoms with Gasteiger partial charge in [-0.25, -0.2) is 0 Å². The van der Waals surface area contributed by atoms with Gasteiger partial charge in [0.2, 0.25) is 0 Å². The van der Waals surface area contributed by atoms with Gasteiger partial charge in [0.15, 0.2) is 0 Å². The minimum atomic E-state index is -0.296. The lowest BCUT2D eigenvalue weighted by atomic mass is 10.1. The Labute approximate surface area is 103 Å². The van der Waals surface area contributed by atoms with E-state index in [1.807, 2.05) is 0 Å². The van der Waals surface area contributed by atoms with Gasteiger partial charge >= 0.3 is 0 Å². The van der Waals surface area contributed by atoms with Gasteiger partial charge in [-0.05, 0) is 12.8 Å². The fraction of sp³-hybridized carbons (Fsp3) is 1.00. The summed E-state index contributed by atoms with van der Waals surface area (Å²) in [5.41, 5.74) is 0. The summed E-state index contributed by atoms with van der Waals surface area (Å²) in [7, 11) is 0. The monoisotopic (exact) mass is 244 g/mol. The van der Waals surface area contributed by atoms with Crippen molar-refractivity contribution >= 4 is 0 Å². The molecule has 2 rings (SSSR count). The fourth-order valence-corrected chi connectivity index (χ4v) is 2.35. The van der Waals surface area contributed by atoms with E-state index in [4.69, 9.17) is 9.47 Å². The van der Waals surface area contributed by atoms with E-state index in [9.17, 15) is 5.11 Å². The van der Waals surface area contributed by atoms with Gasteiger partial charge < -0.3 is 19.9 Å². The molecule has 0 aromatic rings. The van der Waals surface area contributed by atoms with Crippen LogP contribution in [0, 0.1) is 0 Å². The molecule has 2 heterocycles. The molecule has 0 aliphatic carbocycles. The molecule has 2 unspecified atom stereocenters. The quantitative estimate of drug-likeness (QED) is 0.679. The van der Waals surface area contributed by atoms with Crippen molar-refractivity contribution < 1.29 is 14.6 Å². The van der Waals surface area contributed by atoms with Crippen LogP contribution in [0.3, 0.4) is 0 Å². The Bertz CT molecular complexity index is 204. The second kappa shape index (κ2) is 7.28. The first-order valence-corrected chi connectivity index (χ1v) is 6.64. The number of rotatable bonds is 5. The van der Waals surface area contributed by atoms with Gasteiger partial charge in [-0.2, -0.15) is 0 Å². The van der Waals surface area contributed by atoms with Crippen molar-refractivity contribution in [2.24, 2.45) is 0 Å². The third-order valence-corrected chi connectivity index (χ3v) is 3.38. The lowest BCUT2D eigenvalue weighted by molar-refractivity contribution is 0.0121. The van der Waals surface area contributed by atoms with Crippen LogP contribution in [0.15, 0.2) is 0 Å². The van der Waals surface area contributed by atoms with Crippen LogP contribution < -0.4 is 5.32 Å². The van der Waals surface area contributed by atoms with Crippen LogP contribution >= 0.6 is 0 Å². The molecule has 2 N–H and O–H groups in total. The molecule has 0 bridgehead atoms. The molecule has 100 valence electrons. The number of nitrogens with one attached hydrogen (secondary N) is 1. The van der Waals surface area contributed by atoms with Crippen LogP contribution in [0.1, 0.15) is 12.8 Å². The van der Waals surface area contributed by atoms with Crippen molar-refractivity contribution in [1.82, 2.24) is 10.2 Å². The second-order valence-electron chi connectivity index (χ2n) is 4.89. The van der Waals surface area contributed by atoms with Crippen LogP contribution in [0.5, 0.6) is 0 Å². The molecule has 2 aliphatic heterocycles. The van der Waals surface area contributed by atoms with Gasteiger partial charge in [-0.3, -0.25) is 4.90 Å². The molecular weight excluding hydrogens is 220 g/mol. The van der Waals surface area contributed by atoms with Crippen LogP contribution in [0.4, 0.5) is 0 Å². The van der Waals surface area contributed by atoms with Crippen molar-refractivity contribution in [2.75, 3.05) is 52.6 Å². The van der Waals surface area contributed by atoms with Crippen molar-refractivity contribution in [3.8, 4) is 0 Å². The van der Waals surface area contributed by atoms with E-state index in [0.29, 0.717) is 12.6 Å². The summed E-state index contributed by atoms with van der Waals surface area (Å²) < 4.78 is 10.7. The van der Waals surface area contributed by atoms with Crippen LogP contribution in [-0.4, -0.2) is 74.8 Å². The Morgan fingerprint density at radius 2 is 2.06 bits per heavy atom. The highest BCUT2D eigenvalue weighted by atomic mass is 16.5. The van der Waals surface area contributed by atoms with Crippen LogP contribution in [0.2, 0.25) is 0 Å². The predicted molar refractivity (Wildman–Crippen MR) is 65.1 cm³/mol. The zero-order valence-electron chi connectivity index (χ0n) is 10.4. The van der Waals surface area contributed by atoms with E-state index in [1.165, 1.54) is 0 Å². The van der Waals surface area contributed by atoms with E-state index in [0.717, 1.165) is 58.9 Å². The maximum Gasteiger partial charge on any atom is 0.0791 e. The molecule has 0 spiro atoms. The summed E-state index contributed by atoms with van der Waals surface area (Å²) in [6, 6.07) is 0.420. The Balaban J connectivity index is 1.57. The lowest BCUT2D eigenvalue weighted by Crippen LogP contribution is -2.46. The summed E-state index contributed by atoms with van der Waals surface area (Å²) in [4.78, 5) is 2.26. The minimum Gasteiger partial charge on any atom is -0.390 e. The third-order valence-electron chi connectivity index (χ3n) is 3.38. The number of aliphatic hydroxyl groups excluding tert-OH is 1.